The van der Waals surface area contributed by atoms with Crippen LogP contribution in [0.25, 0.3) is 0 Å². The Labute approximate surface area is 63.4 Å². The lowest BCUT2D eigenvalue weighted by Crippen LogP contribution is -1.88. The first kappa shape index (κ1) is 9.27. The molecule has 0 radical (unpaired) electrons. The second-order valence-electron chi connectivity index (χ2n) is 2.48. The fraction of sp³-hybridized carbons (Fsp3) is 0.571. The molecule has 0 aliphatic rings. The first-order chi connectivity index (χ1) is 4.66. The molecule has 10 heavy (non-hydrogen) atoms. The Morgan fingerprint density at radius 1 is 1.60 bits per heavy atom. The Morgan fingerprint density at radius 2 is 2.20 bits per heavy atom. The topological polar surface area (TPSA) is 21.6 Å². The summed E-state index contributed by atoms with van der Waals surface area (Å²) < 4.78 is 0. The van der Waals surface area contributed by atoms with E-state index in [0.717, 1.165) is 5.66 Å². The molecule has 0 rings (SSSR count). The fourth-order valence-electron chi connectivity index (χ4n) is 0.636. The smallest absolute Gasteiger partial charge is 0.189 e. The van der Waals surface area contributed by atoms with E-state index < -0.39 is 0 Å². The van der Waals surface area contributed by atoms with Gasteiger partial charge in [-0.2, -0.15) is 0 Å². The Bertz CT molecular complexity index is 141. The molecule has 0 unspecified atom stereocenters. The number of allylic oxidation sites excluding steroid dienone is 1. The predicted molar refractivity (Wildman–Crippen MR) is 46.7 cm³/mol. The summed E-state index contributed by atoms with van der Waals surface area (Å²) in [6, 6.07) is 0. The van der Waals surface area contributed by atoms with Gasteiger partial charge in [0.1, 0.15) is 0 Å². The van der Waals surface area contributed by atoms with Crippen LogP contribution < -0.4 is 0 Å². The van der Waals surface area contributed by atoms with E-state index in [1.807, 2.05) is 20.8 Å². The molecule has 0 aromatic heterocycles. The van der Waals surface area contributed by atoms with Crippen LogP contribution in [-0.2, 0) is 4.84 Å². The van der Waals surface area contributed by atoms with Crippen molar-refractivity contribution < 1.29 is 4.84 Å². The van der Waals surface area contributed by atoms with Gasteiger partial charge in [0.25, 0.3) is 0 Å². The van der Waals surface area contributed by atoms with Crippen LogP contribution in [0.2, 0.25) is 0 Å². The summed E-state index contributed by atoms with van der Waals surface area (Å²) in [5.41, 5.74) is 0.855. The van der Waals surface area contributed by atoms with Crippen LogP contribution in [0.4, 0.5) is 0 Å². The van der Waals surface area contributed by atoms with Crippen molar-refractivity contribution in [2.45, 2.75) is 20.8 Å². The van der Waals surface area contributed by atoms with Gasteiger partial charge in [0.15, 0.2) is 7.85 Å². The average molecular weight is 139 g/mol. The lowest BCUT2D eigenvalue weighted by Gasteiger charge is -1.99. The Hall–Kier alpha value is -0.725. The molecule has 0 N–H and O–H groups in total. The molecule has 0 aromatic rings. The van der Waals surface area contributed by atoms with Crippen molar-refractivity contribution in [3.05, 3.63) is 11.7 Å². The highest BCUT2D eigenvalue weighted by Crippen LogP contribution is 1.99. The van der Waals surface area contributed by atoms with Gasteiger partial charge in [-0.15, -0.1) is 0 Å². The third-order valence-electron chi connectivity index (χ3n) is 0.870. The van der Waals surface area contributed by atoms with E-state index in [0.29, 0.717) is 5.92 Å². The van der Waals surface area contributed by atoms with Crippen molar-refractivity contribution in [1.29, 1.82) is 0 Å². The van der Waals surface area contributed by atoms with E-state index in [2.05, 4.69) is 19.0 Å². The summed E-state index contributed by atoms with van der Waals surface area (Å²) >= 11 is 0. The molecule has 0 amide bonds. The molecule has 2 nitrogen and oxygen atoms in total. The molecular formula is C7H14BNO. The van der Waals surface area contributed by atoms with Crippen molar-refractivity contribution in [3.8, 4) is 0 Å². The first-order valence-corrected chi connectivity index (χ1v) is 3.50. The van der Waals surface area contributed by atoms with Gasteiger partial charge >= 0.3 is 0 Å². The molecule has 0 saturated carbocycles. The van der Waals surface area contributed by atoms with Crippen molar-refractivity contribution in [2.75, 3.05) is 0 Å². The van der Waals surface area contributed by atoms with Crippen LogP contribution in [0.3, 0.4) is 0 Å². The number of hydrogen-bond donors (Lipinski definition) is 0. The highest BCUT2D eigenvalue weighted by molar-refractivity contribution is 6.20. The number of nitrogens with zero attached hydrogens (tertiary/aromatic N) is 1. The number of hydrogen-bond acceptors (Lipinski definition) is 2. The molecule has 0 aliphatic carbocycles. The predicted octanol–water partition coefficient (Wildman–Crippen LogP) is 1.14. The lowest BCUT2D eigenvalue weighted by atomic mass is 10.0. The highest BCUT2D eigenvalue weighted by atomic mass is 16.6. The maximum atomic E-state index is 4.93. The molecular weight excluding hydrogens is 125 g/mol. The quantitative estimate of drug-likeness (QED) is 0.248. The lowest BCUT2D eigenvalue weighted by molar-refractivity contribution is 0.253. The zero-order valence-electron chi connectivity index (χ0n) is 7.09. The second-order valence-corrected chi connectivity index (χ2v) is 2.48. The largest absolute Gasteiger partial charge is 0.374 e. The molecule has 0 aromatic carbocycles. The van der Waals surface area contributed by atoms with Gasteiger partial charge in [-0.3, -0.25) is 0 Å². The molecule has 0 aliphatic heterocycles. The van der Waals surface area contributed by atoms with Gasteiger partial charge in [-0.25, -0.2) is 0 Å². The Balaban J connectivity index is 3.71. The Morgan fingerprint density at radius 3 is 2.60 bits per heavy atom. The molecule has 0 atom stereocenters. The van der Waals surface area contributed by atoms with Gasteiger partial charge in [0.05, 0.1) is 5.66 Å². The molecule has 0 bridgehead atoms. The van der Waals surface area contributed by atoms with Gasteiger partial charge in [0.2, 0.25) is 0 Å². The van der Waals surface area contributed by atoms with Crippen molar-refractivity contribution in [2.24, 2.45) is 11.1 Å². The van der Waals surface area contributed by atoms with E-state index in [1.165, 1.54) is 0 Å². The summed E-state index contributed by atoms with van der Waals surface area (Å²) in [6.45, 7) is 6.02. The van der Waals surface area contributed by atoms with Crippen molar-refractivity contribution in [3.63, 3.8) is 0 Å². The summed E-state index contributed by atoms with van der Waals surface area (Å²) in [7, 11) is 1.90. The monoisotopic (exact) mass is 139 g/mol. The molecule has 0 heterocycles. The van der Waals surface area contributed by atoms with E-state index in [4.69, 9.17) is 4.84 Å². The number of rotatable bonds is 3. The third kappa shape index (κ3) is 5.41. The van der Waals surface area contributed by atoms with Gasteiger partial charge in [-0.05, 0) is 12.8 Å². The second kappa shape index (κ2) is 5.09. The average Bonchev–Trinajstić information content (AvgIpc) is 1.82. The zero-order chi connectivity index (χ0) is 7.98. The highest BCUT2D eigenvalue weighted by Gasteiger charge is 1.89. The van der Waals surface area contributed by atoms with Gasteiger partial charge < -0.3 is 4.84 Å². The maximum absolute atomic E-state index is 4.93. The zero-order valence-corrected chi connectivity index (χ0v) is 7.09. The summed E-state index contributed by atoms with van der Waals surface area (Å²) in [4.78, 5) is 4.93. The van der Waals surface area contributed by atoms with Crippen LogP contribution in [-0.4, -0.2) is 14.1 Å². The van der Waals surface area contributed by atoms with Crippen LogP contribution >= 0.6 is 0 Å². The van der Waals surface area contributed by atoms with E-state index in [9.17, 15) is 0 Å². The summed E-state index contributed by atoms with van der Waals surface area (Å²) in [6.07, 6.45) is 3.64. The number of oxime groups is 1. The molecule has 56 valence electrons. The van der Waals surface area contributed by atoms with E-state index in [1.54, 1.807) is 6.21 Å². The van der Waals surface area contributed by atoms with E-state index in [-0.39, 0.29) is 0 Å². The normalized spacial score (nSPS) is 13.0. The molecule has 0 saturated heterocycles. The maximum Gasteiger partial charge on any atom is 0.189 e. The Kier molecular flexibility index (Phi) is 4.72. The summed E-state index contributed by atoms with van der Waals surface area (Å²) in [5.74, 6) is 0.520. The molecule has 0 fully saturated rings. The van der Waals surface area contributed by atoms with Crippen LogP contribution in [0.1, 0.15) is 20.8 Å². The van der Waals surface area contributed by atoms with E-state index >= 15 is 0 Å². The minimum Gasteiger partial charge on any atom is -0.374 e. The van der Waals surface area contributed by atoms with Gasteiger partial charge in [0, 0.05) is 6.21 Å². The minimum atomic E-state index is 0.520. The van der Waals surface area contributed by atoms with Crippen LogP contribution in [0, 0.1) is 5.92 Å². The molecule has 0 spiro atoms. The standard InChI is InChI=1S/C7H14BNO/c1-4-9-10-7(8)5-6(2)3/h4-6H,8H2,1-3H3/b7-5+,9-4-. The van der Waals surface area contributed by atoms with Gasteiger partial charge in [-0.1, -0.05) is 25.1 Å². The van der Waals surface area contributed by atoms with Crippen molar-refractivity contribution >= 4 is 14.1 Å². The third-order valence-corrected chi connectivity index (χ3v) is 0.870. The van der Waals surface area contributed by atoms with Crippen molar-refractivity contribution in [1.82, 2.24) is 0 Å². The van der Waals surface area contributed by atoms with Crippen LogP contribution in [0.5, 0.6) is 0 Å². The molecule has 3 heteroatoms. The minimum absolute atomic E-state index is 0.520. The SMILES string of the molecule is B/C(=C\C(C)C)O/N=C\C. The summed E-state index contributed by atoms with van der Waals surface area (Å²) in [5, 5.41) is 3.63. The van der Waals surface area contributed by atoms with Crippen LogP contribution in [0.15, 0.2) is 16.9 Å². The fourth-order valence-corrected chi connectivity index (χ4v) is 0.636. The first-order valence-electron chi connectivity index (χ1n) is 3.50.